The fraction of sp³-hybridized carbons (Fsp3) is 0.833. The van der Waals surface area contributed by atoms with E-state index in [1.165, 1.54) is 13.8 Å². The first-order valence-electron chi connectivity index (χ1n) is 3.29. The summed E-state index contributed by atoms with van der Waals surface area (Å²) in [7, 11) is 0. The number of rotatable bonds is 4. The van der Waals surface area contributed by atoms with Gasteiger partial charge in [0.15, 0.2) is 0 Å². The molecule has 0 bridgehead atoms. The first kappa shape index (κ1) is 14.5. The standard InChI is InChI=1S/C6H13NO4.Pd/c1-4(8)7(5(2)9)3-6(10)11;/h4-5,8-9H,3H2,1-2H3,(H,10,11);. The third kappa shape index (κ3) is 5.64. The molecule has 0 spiro atoms. The molecule has 0 heterocycles. The Labute approximate surface area is 84.6 Å². The summed E-state index contributed by atoms with van der Waals surface area (Å²) in [6.45, 7) is 2.43. The zero-order chi connectivity index (χ0) is 9.02. The maximum Gasteiger partial charge on any atom is 0.317 e. The molecule has 2 atom stereocenters. The molecule has 0 amide bonds. The van der Waals surface area contributed by atoms with Gasteiger partial charge < -0.3 is 15.3 Å². The van der Waals surface area contributed by atoms with Crippen molar-refractivity contribution in [3.05, 3.63) is 0 Å². The number of aliphatic carboxylic acids is 1. The van der Waals surface area contributed by atoms with Crippen LogP contribution >= 0.6 is 0 Å². The van der Waals surface area contributed by atoms with Crippen LogP contribution < -0.4 is 0 Å². The van der Waals surface area contributed by atoms with Gasteiger partial charge >= 0.3 is 5.97 Å². The van der Waals surface area contributed by atoms with Crippen LogP contribution in [0.15, 0.2) is 0 Å². The van der Waals surface area contributed by atoms with Gasteiger partial charge in [0.2, 0.25) is 0 Å². The van der Waals surface area contributed by atoms with E-state index in [9.17, 15) is 4.79 Å². The van der Waals surface area contributed by atoms with Gasteiger partial charge in [-0.15, -0.1) is 0 Å². The van der Waals surface area contributed by atoms with Crippen molar-refractivity contribution in [1.82, 2.24) is 4.90 Å². The molecule has 0 saturated heterocycles. The van der Waals surface area contributed by atoms with E-state index in [1.54, 1.807) is 0 Å². The number of aliphatic hydroxyl groups excluding tert-OH is 2. The van der Waals surface area contributed by atoms with E-state index < -0.39 is 18.4 Å². The van der Waals surface area contributed by atoms with Crippen LogP contribution in [0.4, 0.5) is 0 Å². The molecule has 3 N–H and O–H groups in total. The maximum absolute atomic E-state index is 10.2. The Hall–Kier alpha value is 0.0123. The van der Waals surface area contributed by atoms with E-state index in [-0.39, 0.29) is 27.0 Å². The zero-order valence-electron chi connectivity index (χ0n) is 6.88. The van der Waals surface area contributed by atoms with Crippen LogP contribution in [0.3, 0.4) is 0 Å². The van der Waals surface area contributed by atoms with Crippen molar-refractivity contribution in [3.8, 4) is 0 Å². The summed E-state index contributed by atoms with van der Waals surface area (Å²) >= 11 is 0. The second-order valence-corrected chi connectivity index (χ2v) is 2.33. The minimum atomic E-state index is -1.08. The molecule has 6 heteroatoms. The quantitative estimate of drug-likeness (QED) is 0.453. The zero-order valence-corrected chi connectivity index (χ0v) is 8.43. The minimum absolute atomic E-state index is 0. The van der Waals surface area contributed by atoms with Crippen molar-refractivity contribution in [2.75, 3.05) is 6.54 Å². The number of hydrogen-bond acceptors (Lipinski definition) is 4. The molecule has 0 aromatic heterocycles. The Balaban J connectivity index is 0. The number of nitrogens with zero attached hydrogens (tertiary/aromatic N) is 1. The van der Waals surface area contributed by atoms with Gasteiger partial charge in [-0.05, 0) is 13.8 Å². The van der Waals surface area contributed by atoms with Gasteiger partial charge in [-0.3, -0.25) is 4.79 Å². The van der Waals surface area contributed by atoms with Gasteiger partial charge in [0.05, 0.1) is 0 Å². The molecule has 0 aromatic carbocycles. The summed E-state index contributed by atoms with van der Waals surface area (Å²) in [5.74, 6) is -1.08. The first-order valence-corrected chi connectivity index (χ1v) is 3.29. The predicted octanol–water partition coefficient (Wildman–Crippen LogP) is -0.953. The molecule has 0 radical (unpaired) electrons. The average Bonchev–Trinajstić information content (AvgIpc) is 1.81. The van der Waals surface area contributed by atoms with Gasteiger partial charge in [0.1, 0.15) is 19.0 Å². The summed E-state index contributed by atoms with van der Waals surface area (Å²) in [5.41, 5.74) is 0. The molecular weight excluding hydrogens is 256 g/mol. The molecule has 0 aliphatic carbocycles. The van der Waals surface area contributed by atoms with Crippen molar-refractivity contribution >= 4 is 5.97 Å². The third-order valence-electron chi connectivity index (χ3n) is 1.28. The van der Waals surface area contributed by atoms with Gasteiger partial charge in [-0.25, -0.2) is 4.90 Å². The van der Waals surface area contributed by atoms with Gasteiger partial charge in [-0.2, -0.15) is 0 Å². The van der Waals surface area contributed by atoms with Crippen molar-refractivity contribution in [2.24, 2.45) is 0 Å². The van der Waals surface area contributed by atoms with E-state index in [4.69, 9.17) is 15.3 Å². The number of carboxylic acids is 1. The van der Waals surface area contributed by atoms with Crippen molar-refractivity contribution in [3.63, 3.8) is 0 Å². The molecule has 0 aliphatic heterocycles. The fourth-order valence-electron chi connectivity index (χ4n) is 0.733. The van der Waals surface area contributed by atoms with Gasteiger partial charge in [0.25, 0.3) is 0 Å². The molecule has 0 rings (SSSR count). The Morgan fingerprint density at radius 1 is 1.33 bits per heavy atom. The SMILES string of the molecule is CC(O)N(CC(=O)O)C(C)O.[Pd]. The second-order valence-electron chi connectivity index (χ2n) is 2.33. The Kier molecular flexibility index (Phi) is 7.90. The molecular formula is C6H13NO4Pd. The van der Waals surface area contributed by atoms with E-state index in [1.807, 2.05) is 0 Å². The molecule has 0 fully saturated rings. The summed E-state index contributed by atoms with van der Waals surface area (Å²) in [6.07, 6.45) is -1.91. The Morgan fingerprint density at radius 2 is 1.67 bits per heavy atom. The first-order chi connectivity index (χ1) is 4.95. The molecule has 2 unspecified atom stereocenters. The van der Waals surface area contributed by atoms with Crippen LogP contribution in [0, 0.1) is 0 Å². The summed E-state index contributed by atoms with van der Waals surface area (Å²) in [4.78, 5) is 11.2. The second kappa shape index (κ2) is 6.52. The van der Waals surface area contributed by atoms with Crippen LogP contribution in [0.5, 0.6) is 0 Å². The Bertz CT molecular complexity index is 132. The summed E-state index contributed by atoms with van der Waals surface area (Å²) in [5, 5.41) is 26.2. The average molecular weight is 270 g/mol. The van der Waals surface area contributed by atoms with Crippen molar-refractivity contribution < 1.29 is 40.5 Å². The molecule has 0 aliphatic rings. The fourth-order valence-corrected chi connectivity index (χ4v) is 0.733. The van der Waals surface area contributed by atoms with E-state index in [0.717, 1.165) is 4.90 Å². The van der Waals surface area contributed by atoms with Crippen LogP contribution in [-0.4, -0.2) is 45.2 Å². The number of aliphatic hydroxyl groups is 2. The van der Waals surface area contributed by atoms with Crippen LogP contribution in [0.2, 0.25) is 0 Å². The summed E-state index contributed by atoms with van der Waals surface area (Å²) in [6, 6.07) is 0. The minimum Gasteiger partial charge on any atom is -0.480 e. The monoisotopic (exact) mass is 269 g/mol. The van der Waals surface area contributed by atoms with Gasteiger partial charge in [0, 0.05) is 20.4 Å². The van der Waals surface area contributed by atoms with Crippen LogP contribution in [0.1, 0.15) is 13.8 Å². The normalized spacial score (nSPS) is 15.1. The summed E-state index contributed by atoms with van der Waals surface area (Å²) < 4.78 is 0. The van der Waals surface area contributed by atoms with Crippen LogP contribution in [-0.2, 0) is 25.2 Å². The van der Waals surface area contributed by atoms with Crippen LogP contribution in [0.25, 0.3) is 0 Å². The van der Waals surface area contributed by atoms with Crippen molar-refractivity contribution in [1.29, 1.82) is 0 Å². The molecule has 0 aromatic rings. The Morgan fingerprint density at radius 3 is 1.75 bits per heavy atom. The van der Waals surface area contributed by atoms with E-state index in [2.05, 4.69) is 0 Å². The molecule has 12 heavy (non-hydrogen) atoms. The number of carbonyl (C=O) groups is 1. The number of hydrogen-bond donors (Lipinski definition) is 3. The van der Waals surface area contributed by atoms with Crippen molar-refractivity contribution in [2.45, 2.75) is 26.3 Å². The smallest absolute Gasteiger partial charge is 0.317 e. The largest absolute Gasteiger partial charge is 0.480 e. The van der Waals surface area contributed by atoms with Gasteiger partial charge in [-0.1, -0.05) is 0 Å². The van der Waals surface area contributed by atoms with E-state index in [0.29, 0.717) is 0 Å². The number of carboxylic acid groups (broad SMARTS) is 1. The van der Waals surface area contributed by atoms with E-state index >= 15 is 0 Å². The molecule has 0 saturated carbocycles. The maximum atomic E-state index is 10.2. The molecule has 76 valence electrons. The topological polar surface area (TPSA) is 81.0 Å². The molecule has 5 nitrogen and oxygen atoms in total. The third-order valence-corrected chi connectivity index (χ3v) is 1.28. The predicted molar refractivity (Wildman–Crippen MR) is 37.7 cm³/mol.